The van der Waals surface area contributed by atoms with Crippen molar-refractivity contribution in [3.63, 3.8) is 0 Å². The molecule has 9 heteroatoms. The number of nitrogens with zero attached hydrogens (tertiary/aromatic N) is 3. The van der Waals surface area contributed by atoms with Crippen molar-refractivity contribution in [3.8, 4) is 0 Å². The highest BCUT2D eigenvalue weighted by atomic mass is 16.6. The first-order valence-electron chi connectivity index (χ1n) is 7.42. The van der Waals surface area contributed by atoms with Gasteiger partial charge >= 0.3 is 0 Å². The summed E-state index contributed by atoms with van der Waals surface area (Å²) in [6.45, 7) is 5.52. The maximum absolute atomic E-state index is 8.54. The molecule has 130 valence electrons. The zero-order valence-corrected chi connectivity index (χ0v) is 13.0. The van der Waals surface area contributed by atoms with E-state index >= 15 is 0 Å². The van der Waals surface area contributed by atoms with Crippen molar-refractivity contribution in [1.82, 2.24) is 0 Å². The molecule has 1 N–H and O–H groups in total. The molecule has 0 aliphatic carbocycles. The Kier molecular flexibility index (Phi) is 19.2. The van der Waals surface area contributed by atoms with Gasteiger partial charge in [0, 0.05) is 24.7 Å². The fourth-order valence-corrected chi connectivity index (χ4v) is 1.30. The standard InChI is InChI=1S/C13H27N3O6/c14-16-15-2-5-19-7-9-21-11-13-22-12-10-20-8-6-18-4-1-3-17/h17H,1-13H2. The van der Waals surface area contributed by atoms with Crippen LogP contribution in [-0.4, -0.2) is 84.3 Å². The van der Waals surface area contributed by atoms with Crippen LogP contribution in [0.3, 0.4) is 0 Å². The second-order valence-electron chi connectivity index (χ2n) is 4.09. The SMILES string of the molecule is [N-]=[N+]=NCCOCCOCCOCCOCCOCCCO. The smallest absolute Gasteiger partial charge is 0.0701 e. The lowest BCUT2D eigenvalue weighted by Crippen LogP contribution is -2.13. The van der Waals surface area contributed by atoms with E-state index in [1.165, 1.54) is 0 Å². The third kappa shape index (κ3) is 19.1. The van der Waals surface area contributed by atoms with Crippen molar-refractivity contribution in [2.75, 3.05) is 79.2 Å². The van der Waals surface area contributed by atoms with Crippen molar-refractivity contribution in [3.05, 3.63) is 10.4 Å². The number of hydrogen-bond acceptors (Lipinski definition) is 7. The van der Waals surface area contributed by atoms with E-state index in [0.29, 0.717) is 79.0 Å². The van der Waals surface area contributed by atoms with Crippen LogP contribution in [0, 0.1) is 0 Å². The second kappa shape index (κ2) is 20.1. The quantitative estimate of drug-likeness (QED) is 0.172. The summed E-state index contributed by atoms with van der Waals surface area (Å²) in [5.74, 6) is 0. The lowest BCUT2D eigenvalue weighted by atomic mass is 10.5. The van der Waals surface area contributed by atoms with Crippen LogP contribution in [0.2, 0.25) is 0 Å². The summed E-state index contributed by atoms with van der Waals surface area (Å²) in [5.41, 5.74) is 8.04. The van der Waals surface area contributed by atoms with Crippen LogP contribution in [0.5, 0.6) is 0 Å². The predicted octanol–water partition coefficient (Wildman–Crippen LogP) is 0.762. The molecule has 0 aromatic carbocycles. The molecule has 0 bridgehead atoms. The van der Waals surface area contributed by atoms with E-state index in [-0.39, 0.29) is 6.61 Å². The summed E-state index contributed by atoms with van der Waals surface area (Å²) in [6.07, 6.45) is 0.655. The number of aliphatic hydroxyl groups is 1. The minimum atomic E-state index is 0.151. The molecule has 22 heavy (non-hydrogen) atoms. The summed E-state index contributed by atoms with van der Waals surface area (Å²) in [7, 11) is 0. The average molecular weight is 321 g/mol. The molecule has 0 aliphatic rings. The minimum absolute atomic E-state index is 0.151. The van der Waals surface area contributed by atoms with E-state index in [1.54, 1.807) is 0 Å². The fraction of sp³-hybridized carbons (Fsp3) is 1.00. The third-order valence-corrected chi connectivity index (χ3v) is 2.33. The molecule has 0 amide bonds. The summed E-state index contributed by atoms with van der Waals surface area (Å²) in [5, 5.41) is 11.9. The molecular formula is C13H27N3O6. The average Bonchev–Trinajstić information content (AvgIpc) is 2.54. The molecule has 0 aliphatic heterocycles. The second-order valence-corrected chi connectivity index (χ2v) is 4.09. The highest BCUT2D eigenvalue weighted by Crippen LogP contribution is 1.85. The van der Waals surface area contributed by atoms with Gasteiger partial charge < -0.3 is 28.8 Å². The molecule has 0 heterocycles. The first-order valence-corrected chi connectivity index (χ1v) is 7.42. The Morgan fingerprint density at radius 2 is 1.09 bits per heavy atom. The van der Waals surface area contributed by atoms with Gasteiger partial charge in [0.2, 0.25) is 0 Å². The third-order valence-electron chi connectivity index (χ3n) is 2.33. The lowest BCUT2D eigenvalue weighted by Gasteiger charge is -2.07. The Morgan fingerprint density at radius 3 is 1.50 bits per heavy atom. The molecule has 0 radical (unpaired) electrons. The monoisotopic (exact) mass is 321 g/mol. The van der Waals surface area contributed by atoms with Gasteiger partial charge in [0.25, 0.3) is 0 Å². The molecule has 9 nitrogen and oxygen atoms in total. The van der Waals surface area contributed by atoms with Crippen molar-refractivity contribution in [2.45, 2.75) is 6.42 Å². The van der Waals surface area contributed by atoms with Gasteiger partial charge in [-0.15, -0.1) is 0 Å². The zero-order chi connectivity index (χ0) is 16.1. The summed E-state index contributed by atoms with van der Waals surface area (Å²) >= 11 is 0. The fourth-order valence-electron chi connectivity index (χ4n) is 1.30. The van der Waals surface area contributed by atoms with Gasteiger partial charge in [-0.05, 0) is 12.0 Å². The molecule has 0 aromatic heterocycles. The molecule has 0 atom stereocenters. The van der Waals surface area contributed by atoms with E-state index < -0.39 is 0 Å². The molecule has 0 saturated heterocycles. The predicted molar refractivity (Wildman–Crippen MR) is 79.8 cm³/mol. The van der Waals surface area contributed by atoms with E-state index in [2.05, 4.69) is 10.0 Å². The zero-order valence-electron chi connectivity index (χ0n) is 13.0. The Bertz CT molecular complexity index is 264. The number of rotatable bonds is 18. The largest absolute Gasteiger partial charge is 0.396 e. The van der Waals surface area contributed by atoms with Gasteiger partial charge in [-0.3, -0.25) is 0 Å². The molecule has 0 spiro atoms. The molecular weight excluding hydrogens is 294 g/mol. The Labute approximate surface area is 131 Å². The van der Waals surface area contributed by atoms with Crippen molar-refractivity contribution in [1.29, 1.82) is 0 Å². The Hall–Kier alpha value is -0.930. The van der Waals surface area contributed by atoms with Crippen LogP contribution in [0.4, 0.5) is 0 Å². The van der Waals surface area contributed by atoms with Crippen LogP contribution in [-0.2, 0) is 23.7 Å². The molecule has 0 fully saturated rings. The van der Waals surface area contributed by atoms with Gasteiger partial charge in [-0.2, -0.15) is 0 Å². The molecule has 0 aromatic rings. The highest BCUT2D eigenvalue weighted by Gasteiger charge is 1.93. The number of azide groups is 1. The van der Waals surface area contributed by atoms with E-state index in [1.807, 2.05) is 0 Å². The number of ether oxygens (including phenoxy) is 5. The Balaban J connectivity index is 2.95. The van der Waals surface area contributed by atoms with Crippen molar-refractivity contribution >= 4 is 0 Å². The summed E-state index contributed by atoms with van der Waals surface area (Å²) < 4.78 is 26.3. The van der Waals surface area contributed by atoms with Gasteiger partial charge in [0.05, 0.1) is 59.5 Å². The lowest BCUT2D eigenvalue weighted by molar-refractivity contribution is -0.0112. The van der Waals surface area contributed by atoms with Crippen LogP contribution < -0.4 is 0 Å². The van der Waals surface area contributed by atoms with Crippen LogP contribution in [0.15, 0.2) is 5.11 Å². The topological polar surface area (TPSA) is 115 Å². The maximum Gasteiger partial charge on any atom is 0.0701 e. The first-order chi connectivity index (χ1) is 10.9. The molecule has 0 unspecified atom stereocenters. The van der Waals surface area contributed by atoms with Gasteiger partial charge in [-0.25, -0.2) is 0 Å². The number of hydrogen-bond donors (Lipinski definition) is 1. The highest BCUT2D eigenvalue weighted by molar-refractivity contribution is 4.44. The van der Waals surface area contributed by atoms with Crippen molar-refractivity contribution < 1.29 is 28.8 Å². The molecule has 0 rings (SSSR count). The van der Waals surface area contributed by atoms with E-state index in [0.717, 1.165) is 0 Å². The van der Waals surface area contributed by atoms with E-state index in [4.69, 9.17) is 34.3 Å². The van der Waals surface area contributed by atoms with Gasteiger partial charge in [0.15, 0.2) is 0 Å². The normalized spacial score (nSPS) is 10.6. The van der Waals surface area contributed by atoms with Crippen molar-refractivity contribution in [2.24, 2.45) is 5.11 Å². The first kappa shape index (κ1) is 21.1. The minimum Gasteiger partial charge on any atom is -0.396 e. The maximum atomic E-state index is 8.54. The Morgan fingerprint density at radius 1 is 0.682 bits per heavy atom. The number of aliphatic hydroxyl groups excluding tert-OH is 1. The summed E-state index contributed by atoms with van der Waals surface area (Å²) in [6, 6.07) is 0. The van der Waals surface area contributed by atoms with Gasteiger partial charge in [0.1, 0.15) is 0 Å². The van der Waals surface area contributed by atoms with Crippen LogP contribution in [0.1, 0.15) is 6.42 Å². The van der Waals surface area contributed by atoms with Crippen LogP contribution >= 0.6 is 0 Å². The van der Waals surface area contributed by atoms with Crippen LogP contribution in [0.25, 0.3) is 10.4 Å². The van der Waals surface area contributed by atoms with Gasteiger partial charge in [-0.1, -0.05) is 5.11 Å². The molecule has 0 saturated carbocycles. The summed E-state index contributed by atoms with van der Waals surface area (Å²) in [4.78, 5) is 2.62. The van der Waals surface area contributed by atoms with E-state index in [9.17, 15) is 0 Å².